The summed E-state index contributed by atoms with van der Waals surface area (Å²) in [5, 5.41) is 0. The van der Waals surface area contributed by atoms with Gasteiger partial charge in [-0.05, 0) is 64.6 Å². The minimum absolute atomic E-state index is 0.760. The summed E-state index contributed by atoms with van der Waals surface area (Å²) in [6, 6.07) is 8.72. The van der Waals surface area contributed by atoms with Crippen LogP contribution in [0.25, 0.3) is 0 Å². The van der Waals surface area contributed by atoms with E-state index in [1.54, 1.807) is 0 Å². The Morgan fingerprint density at radius 2 is 1.78 bits per heavy atom. The second-order valence-electron chi connectivity index (χ2n) is 5.13. The van der Waals surface area contributed by atoms with E-state index in [1.165, 1.54) is 17.7 Å². The number of benzene rings is 1. The quantitative estimate of drug-likeness (QED) is 0.766. The van der Waals surface area contributed by atoms with E-state index in [9.17, 15) is 0 Å². The lowest BCUT2D eigenvalue weighted by Crippen LogP contribution is -2.29. The first-order chi connectivity index (χ1) is 8.63. The van der Waals surface area contributed by atoms with Gasteiger partial charge in [0.05, 0.1) is 0 Å². The van der Waals surface area contributed by atoms with Gasteiger partial charge in [-0.2, -0.15) is 0 Å². The number of hydrogen-bond donors (Lipinski definition) is 1. The molecule has 0 spiro atoms. The normalized spacial score (nSPS) is 10.9. The molecule has 1 aromatic rings. The molecule has 102 valence electrons. The van der Waals surface area contributed by atoms with Crippen molar-refractivity contribution in [1.82, 2.24) is 4.90 Å². The zero-order valence-electron chi connectivity index (χ0n) is 12.0. The molecule has 0 aliphatic heterocycles. The number of anilines is 1. The van der Waals surface area contributed by atoms with Crippen molar-refractivity contribution in [2.24, 2.45) is 5.73 Å². The van der Waals surface area contributed by atoms with Crippen LogP contribution in [0, 0.1) is 6.92 Å². The molecule has 0 aliphatic rings. The zero-order chi connectivity index (χ0) is 13.4. The van der Waals surface area contributed by atoms with Crippen LogP contribution in [0.2, 0.25) is 0 Å². The van der Waals surface area contributed by atoms with Crippen LogP contribution in [0.4, 0.5) is 5.69 Å². The Morgan fingerprint density at radius 3 is 2.39 bits per heavy atom. The molecular weight excluding hydrogens is 222 g/mol. The minimum atomic E-state index is 0.760. The third-order valence-electron chi connectivity index (χ3n) is 3.03. The summed E-state index contributed by atoms with van der Waals surface area (Å²) < 4.78 is 0. The predicted octanol–water partition coefficient (Wildman–Crippen LogP) is 2.10. The molecular formula is C15H27N3. The van der Waals surface area contributed by atoms with Gasteiger partial charge in [-0.15, -0.1) is 0 Å². The van der Waals surface area contributed by atoms with E-state index in [0.717, 1.165) is 32.6 Å². The average molecular weight is 249 g/mol. The van der Waals surface area contributed by atoms with Gasteiger partial charge in [0.1, 0.15) is 0 Å². The molecule has 0 radical (unpaired) electrons. The predicted molar refractivity (Wildman–Crippen MR) is 80.2 cm³/mol. The van der Waals surface area contributed by atoms with Gasteiger partial charge in [0.2, 0.25) is 0 Å². The van der Waals surface area contributed by atoms with Gasteiger partial charge in [0.15, 0.2) is 0 Å². The number of nitrogens with zero attached hydrogens (tertiary/aromatic N) is 2. The standard InChI is InChI=1S/C15H27N3/c1-14-7-4-8-15(13-14)18(11-5-9-16)12-6-10-17(2)3/h4,7-8,13H,5-6,9-12,16H2,1-3H3. The second kappa shape index (κ2) is 8.11. The summed E-state index contributed by atoms with van der Waals surface area (Å²) in [7, 11) is 4.24. The van der Waals surface area contributed by atoms with Crippen LogP contribution in [0.3, 0.4) is 0 Å². The maximum absolute atomic E-state index is 5.63. The molecule has 1 aromatic carbocycles. The van der Waals surface area contributed by atoms with Gasteiger partial charge in [-0.25, -0.2) is 0 Å². The van der Waals surface area contributed by atoms with E-state index < -0.39 is 0 Å². The van der Waals surface area contributed by atoms with Crippen molar-refractivity contribution in [2.45, 2.75) is 19.8 Å². The van der Waals surface area contributed by atoms with Crippen molar-refractivity contribution in [3.8, 4) is 0 Å². The Kier molecular flexibility index (Phi) is 6.76. The smallest absolute Gasteiger partial charge is 0.0368 e. The van der Waals surface area contributed by atoms with Crippen LogP contribution in [-0.4, -0.2) is 45.2 Å². The SMILES string of the molecule is Cc1cccc(N(CCCN)CCCN(C)C)c1. The molecule has 0 heterocycles. The van der Waals surface area contributed by atoms with Gasteiger partial charge in [-0.3, -0.25) is 0 Å². The van der Waals surface area contributed by atoms with Crippen molar-refractivity contribution in [2.75, 3.05) is 45.2 Å². The lowest BCUT2D eigenvalue weighted by Gasteiger charge is -2.25. The highest BCUT2D eigenvalue weighted by Gasteiger charge is 2.06. The molecule has 0 amide bonds. The molecule has 3 heteroatoms. The number of aryl methyl sites for hydroxylation is 1. The Hall–Kier alpha value is -1.06. The Bertz CT molecular complexity index is 336. The number of rotatable bonds is 8. The molecule has 0 aliphatic carbocycles. The van der Waals surface area contributed by atoms with Gasteiger partial charge >= 0.3 is 0 Å². The zero-order valence-corrected chi connectivity index (χ0v) is 12.0. The first-order valence-corrected chi connectivity index (χ1v) is 6.80. The lowest BCUT2D eigenvalue weighted by molar-refractivity contribution is 0.400. The topological polar surface area (TPSA) is 32.5 Å². The highest BCUT2D eigenvalue weighted by atomic mass is 15.1. The Labute approximate surface area is 112 Å². The second-order valence-corrected chi connectivity index (χ2v) is 5.13. The Morgan fingerprint density at radius 1 is 1.06 bits per heavy atom. The van der Waals surface area contributed by atoms with E-state index in [1.807, 2.05) is 0 Å². The molecule has 0 aromatic heterocycles. The van der Waals surface area contributed by atoms with Gasteiger partial charge in [0.25, 0.3) is 0 Å². The summed E-state index contributed by atoms with van der Waals surface area (Å²) in [6.07, 6.45) is 2.24. The first-order valence-electron chi connectivity index (χ1n) is 6.80. The number of nitrogens with two attached hydrogens (primary N) is 1. The van der Waals surface area contributed by atoms with Gasteiger partial charge in [-0.1, -0.05) is 12.1 Å². The molecule has 0 unspecified atom stereocenters. The third-order valence-corrected chi connectivity index (χ3v) is 3.03. The maximum Gasteiger partial charge on any atom is 0.0368 e. The highest BCUT2D eigenvalue weighted by molar-refractivity contribution is 5.48. The Balaban J connectivity index is 2.59. The van der Waals surface area contributed by atoms with Crippen molar-refractivity contribution in [1.29, 1.82) is 0 Å². The van der Waals surface area contributed by atoms with Crippen molar-refractivity contribution >= 4 is 5.69 Å². The number of hydrogen-bond acceptors (Lipinski definition) is 3. The van der Waals surface area contributed by atoms with E-state index >= 15 is 0 Å². The first kappa shape index (κ1) is 15.0. The highest BCUT2D eigenvalue weighted by Crippen LogP contribution is 2.16. The summed E-state index contributed by atoms with van der Waals surface area (Å²) in [6.45, 7) is 6.18. The summed E-state index contributed by atoms with van der Waals surface area (Å²) in [5.74, 6) is 0. The molecule has 18 heavy (non-hydrogen) atoms. The molecule has 1 rings (SSSR count). The van der Waals surface area contributed by atoms with Crippen LogP contribution in [-0.2, 0) is 0 Å². The van der Waals surface area contributed by atoms with Crippen molar-refractivity contribution in [3.05, 3.63) is 29.8 Å². The van der Waals surface area contributed by atoms with Gasteiger partial charge in [0, 0.05) is 18.8 Å². The monoisotopic (exact) mass is 249 g/mol. The fourth-order valence-corrected chi connectivity index (χ4v) is 2.05. The fraction of sp³-hybridized carbons (Fsp3) is 0.600. The average Bonchev–Trinajstić information content (AvgIpc) is 2.33. The van der Waals surface area contributed by atoms with E-state index in [2.05, 4.69) is 55.1 Å². The molecule has 0 saturated heterocycles. The summed E-state index contributed by atoms with van der Waals surface area (Å²) in [5.41, 5.74) is 8.27. The third kappa shape index (κ3) is 5.52. The molecule has 0 bridgehead atoms. The van der Waals surface area contributed by atoms with Gasteiger partial charge < -0.3 is 15.5 Å². The summed E-state index contributed by atoms with van der Waals surface area (Å²) in [4.78, 5) is 4.68. The largest absolute Gasteiger partial charge is 0.371 e. The fourth-order valence-electron chi connectivity index (χ4n) is 2.05. The van der Waals surface area contributed by atoms with Crippen LogP contribution in [0.5, 0.6) is 0 Å². The molecule has 0 atom stereocenters. The van der Waals surface area contributed by atoms with Crippen LogP contribution < -0.4 is 10.6 Å². The van der Waals surface area contributed by atoms with Crippen molar-refractivity contribution in [3.63, 3.8) is 0 Å². The van der Waals surface area contributed by atoms with E-state index in [-0.39, 0.29) is 0 Å². The molecule has 3 nitrogen and oxygen atoms in total. The van der Waals surface area contributed by atoms with Crippen molar-refractivity contribution < 1.29 is 0 Å². The molecule has 0 saturated carbocycles. The molecule has 0 fully saturated rings. The van der Waals surface area contributed by atoms with E-state index in [4.69, 9.17) is 5.73 Å². The minimum Gasteiger partial charge on any atom is -0.371 e. The van der Waals surface area contributed by atoms with E-state index in [0.29, 0.717) is 0 Å². The van der Waals surface area contributed by atoms with Crippen LogP contribution in [0.1, 0.15) is 18.4 Å². The maximum atomic E-state index is 5.63. The van der Waals surface area contributed by atoms with Crippen LogP contribution >= 0.6 is 0 Å². The lowest BCUT2D eigenvalue weighted by atomic mass is 10.2. The summed E-state index contributed by atoms with van der Waals surface area (Å²) >= 11 is 0. The van der Waals surface area contributed by atoms with Crippen LogP contribution in [0.15, 0.2) is 24.3 Å². The molecule has 2 N–H and O–H groups in total.